The molecule has 23 heavy (non-hydrogen) atoms. The maximum atomic E-state index is 12.6. The van der Waals surface area contributed by atoms with Crippen LogP contribution in [0.25, 0.3) is 0 Å². The molecule has 0 saturated carbocycles. The van der Waals surface area contributed by atoms with E-state index in [1.807, 2.05) is 13.8 Å². The summed E-state index contributed by atoms with van der Waals surface area (Å²) in [7, 11) is 0.238. The van der Waals surface area contributed by atoms with Crippen molar-refractivity contribution in [1.82, 2.24) is 9.47 Å². The van der Waals surface area contributed by atoms with Gasteiger partial charge in [-0.25, -0.2) is 3.89 Å². The monoisotopic (exact) mass is 344 g/mol. The minimum Gasteiger partial charge on any atom is -0.503 e. The fourth-order valence-corrected chi connectivity index (χ4v) is 2.94. The summed E-state index contributed by atoms with van der Waals surface area (Å²) < 4.78 is 23.9. The molecule has 0 aliphatic carbocycles. The lowest BCUT2D eigenvalue weighted by Gasteiger charge is -2.35. The van der Waals surface area contributed by atoms with Crippen LogP contribution in [0.5, 0.6) is 5.75 Å². The van der Waals surface area contributed by atoms with E-state index >= 15 is 0 Å². The third-order valence-electron chi connectivity index (χ3n) is 4.01. The fraction of sp³-hybridized carbons (Fsp3) is 0.571. The van der Waals surface area contributed by atoms with Crippen LogP contribution in [0.3, 0.4) is 0 Å². The van der Waals surface area contributed by atoms with E-state index in [0.29, 0.717) is 18.8 Å². The number of carbonyl (C=O) groups is 1. The molecule has 0 spiro atoms. The number of thiol groups is 1. The Morgan fingerprint density at radius 1 is 1.26 bits per heavy atom. The van der Waals surface area contributed by atoms with Crippen LogP contribution in [0.2, 0.25) is 0 Å². The number of pyridine rings is 1. The maximum absolute atomic E-state index is 12.6. The molecule has 0 saturated heterocycles. The van der Waals surface area contributed by atoms with Gasteiger partial charge in [0, 0.05) is 25.2 Å². The Kier molecular flexibility index (Phi) is 4.54. The molecule has 2 rings (SSSR count). The molecule has 0 fully saturated rings. The lowest BCUT2D eigenvalue weighted by atomic mass is 10.1. The van der Waals surface area contributed by atoms with Crippen LogP contribution in [0.1, 0.15) is 30.0 Å². The van der Waals surface area contributed by atoms with Gasteiger partial charge in [0.1, 0.15) is 6.54 Å². The summed E-state index contributed by atoms with van der Waals surface area (Å²) in [6.45, 7) is 4.59. The SMILES string of the molecule is CC(C)N1CCn2c(C[N+](C)(C)[SH](=O)=O)cc(=O)c(O)c2C1=O. The highest BCUT2D eigenvalue weighted by molar-refractivity contribution is 7.66. The van der Waals surface area contributed by atoms with Crippen LogP contribution in [-0.4, -0.2) is 59.5 Å². The van der Waals surface area contributed by atoms with E-state index in [-0.39, 0.29) is 22.2 Å². The van der Waals surface area contributed by atoms with Gasteiger partial charge in [-0.05, 0) is 13.8 Å². The third kappa shape index (κ3) is 3.11. The van der Waals surface area contributed by atoms with Gasteiger partial charge < -0.3 is 14.6 Å². The Balaban J connectivity index is 2.60. The molecule has 0 radical (unpaired) electrons. The smallest absolute Gasteiger partial charge is 0.286 e. The molecule has 0 aromatic carbocycles. The van der Waals surface area contributed by atoms with E-state index in [1.54, 1.807) is 9.47 Å². The standard InChI is InChI=1S/C14H21N3O5S/c1-9(2)15-5-6-16-10(8-17(3,4)23(21)22)7-11(18)13(19)12(16)14(15)20/h7,9,23H,5-6,8H2,1-4H3/p+1. The van der Waals surface area contributed by atoms with Crippen LogP contribution >= 0.6 is 0 Å². The van der Waals surface area contributed by atoms with E-state index in [9.17, 15) is 23.1 Å². The van der Waals surface area contributed by atoms with Gasteiger partial charge in [-0.3, -0.25) is 9.59 Å². The van der Waals surface area contributed by atoms with Crippen LogP contribution in [0.4, 0.5) is 0 Å². The first-order valence-electron chi connectivity index (χ1n) is 7.30. The fourth-order valence-electron chi connectivity index (χ4n) is 2.68. The summed E-state index contributed by atoms with van der Waals surface area (Å²) in [6.07, 6.45) is 0. The normalized spacial score (nSPS) is 15.4. The lowest BCUT2D eigenvalue weighted by molar-refractivity contribution is -0.773. The average molecular weight is 344 g/mol. The molecule has 1 aliphatic rings. The van der Waals surface area contributed by atoms with Crippen LogP contribution in [-0.2, 0) is 24.0 Å². The van der Waals surface area contributed by atoms with Gasteiger partial charge in [0.2, 0.25) is 5.43 Å². The highest BCUT2D eigenvalue weighted by atomic mass is 32.2. The van der Waals surface area contributed by atoms with Crippen molar-refractivity contribution in [2.45, 2.75) is 33.0 Å². The van der Waals surface area contributed by atoms with Crippen LogP contribution < -0.4 is 5.43 Å². The summed E-state index contributed by atoms with van der Waals surface area (Å²) in [5, 5.41) is 10.0. The number of hydrogen-bond donors (Lipinski definition) is 2. The van der Waals surface area contributed by atoms with Crippen molar-refractivity contribution in [3.8, 4) is 5.75 Å². The summed E-state index contributed by atoms with van der Waals surface area (Å²) in [4.78, 5) is 26.1. The zero-order valence-electron chi connectivity index (χ0n) is 13.6. The minimum atomic E-state index is -2.76. The molecule has 2 heterocycles. The molecule has 0 bridgehead atoms. The van der Waals surface area contributed by atoms with Gasteiger partial charge >= 0.3 is 0 Å². The highest BCUT2D eigenvalue weighted by Gasteiger charge is 2.33. The number of amides is 1. The van der Waals surface area contributed by atoms with Gasteiger partial charge in [0.25, 0.3) is 16.8 Å². The lowest BCUT2D eigenvalue weighted by Crippen LogP contribution is -2.47. The zero-order valence-corrected chi connectivity index (χ0v) is 14.5. The number of quaternary nitrogens is 1. The van der Waals surface area contributed by atoms with Crippen molar-refractivity contribution in [2.24, 2.45) is 0 Å². The number of fused-ring (bicyclic) bond motifs is 1. The molecule has 1 aliphatic heterocycles. The van der Waals surface area contributed by atoms with Crippen LogP contribution in [0, 0.1) is 0 Å². The van der Waals surface area contributed by atoms with Crippen LogP contribution in [0.15, 0.2) is 10.9 Å². The predicted molar refractivity (Wildman–Crippen MR) is 84.7 cm³/mol. The Labute approximate surface area is 136 Å². The van der Waals surface area contributed by atoms with E-state index < -0.39 is 28.0 Å². The number of carbonyl (C=O) groups excluding carboxylic acids is 1. The molecule has 0 unspecified atom stereocenters. The van der Waals surface area contributed by atoms with E-state index in [0.717, 1.165) is 0 Å². The van der Waals surface area contributed by atoms with E-state index in [1.165, 1.54) is 20.2 Å². The molecule has 1 amide bonds. The van der Waals surface area contributed by atoms with Crippen molar-refractivity contribution in [1.29, 1.82) is 0 Å². The number of nitrogens with zero attached hydrogens (tertiary/aromatic N) is 3. The first-order chi connectivity index (χ1) is 10.6. The van der Waals surface area contributed by atoms with Crippen molar-refractivity contribution >= 4 is 16.8 Å². The topological polar surface area (TPSA) is 96.7 Å². The van der Waals surface area contributed by atoms with Gasteiger partial charge in [-0.15, -0.1) is 0 Å². The molecule has 1 aromatic heterocycles. The van der Waals surface area contributed by atoms with Gasteiger partial charge in [-0.2, -0.15) is 8.42 Å². The molecular weight excluding hydrogens is 322 g/mol. The number of aromatic hydroxyl groups is 1. The molecule has 128 valence electrons. The average Bonchev–Trinajstić information content (AvgIpc) is 2.43. The summed E-state index contributed by atoms with van der Waals surface area (Å²) in [5.74, 6) is -1.000. The largest absolute Gasteiger partial charge is 0.503 e. The quantitative estimate of drug-likeness (QED) is 0.568. The van der Waals surface area contributed by atoms with Gasteiger partial charge in [-0.1, -0.05) is 0 Å². The number of aromatic nitrogens is 1. The van der Waals surface area contributed by atoms with E-state index in [2.05, 4.69) is 0 Å². The molecular formula is C14H22N3O5S+. The first-order valence-corrected chi connectivity index (χ1v) is 8.44. The third-order valence-corrected chi connectivity index (χ3v) is 5.04. The molecule has 1 N–H and O–H groups in total. The summed E-state index contributed by atoms with van der Waals surface area (Å²) in [5.41, 5.74) is -0.316. The zero-order chi connectivity index (χ0) is 17.5. The Morgan fingerprint density at radius 2 is 1.87 bits per heavy atom. The number of rotatable bonds is 4. The van der Waals surface area contributed by atoms with Crippen molar-refractivity contribution < 1.29 is 22.2 Å². The predicted octanol–water partition coefficient (Wildman–Crippen LogP) is -0.479. The second-order valence-corrected chi connectivity index (χ2v) is 8.02. The highest BCUT2D eigenvalue weighted by Crippen LogP contribution is 2.24. The van der Waals surface area contributed by atoms with E-state index in [4.69, 9.17) is 0 Å². The Hall–Kier alpha value is -1.87. The Morgan fingerprint density at radius 3 is 2.39 bits per heavy atom. The maximum Gasteiger partial charge on any atom is 0.286 e. The van der Waals surface area contributed by atoms with Crippen molar-refractivity contribution in [2.75, 3.05) is 20.6 Å². The molecule has 1 aromatic rings. The Bertz CT molecular complexity index is 771. The van der Waals surface area contributed by atoms with Crippen molar-refractivity contribution in [3.05, 3.63) is 27.7 Å². The molecule has 9 heteroatoms. The summed E-state index contributed by atoms with van der Waals surface area (Å²) in [6, 6.07) is 1.15. The first kappa shape index (κ1) is 17.5. The van der Waals surface area contributed by atoms with Crippen molar-refractivity contribution in [3.63, 3.8) is 0 Å². The van der Waals surface area contributed by atoms with Gasteiger partial charge in [0.05, 0.1) is 19.8 Å². The van der Waals surface area contributed by atoms with Gasteiger partial charge in [0.15, 0.2) is 11.4 Å². The minimum absolute atomic E-state index is 0.0379. The molecule has 0 atom stereocenters. The second kappa shape index (κ2) is 5.97. The summed E-state index contributed by atoms with van der Waals surface area (Å²) >= 11 is 0. The number of hydrogen-bond acceptors (Lipinski definition) is 5. The second-order valence-electron chi connectivity index (χ2n) is 6.46. The molecule has 8 nitrogen and oxygen atoms in total.